The average molecular weight is 249 g/mol. The molecule has 4 heteroatoms. The molecule has 0 saturated heterocycles. The first-order chi connectivity index (χ1) is 8.36. The Balaban J connectivity index is 2.25. The molecule has 0 spiro atoms. The Morgan fingerprint density at radius 1 is 1.24 bits per heavy atom. The van der Waals surface area contributed by atoms with E-state index < -0.39 is 0 Å². The molecular formula is C13H19N3S. The third-order valence-corrected chi connectivity index (χ3v) is 4.01. The largest absolute Gasteiger partial charge is 0.320 e. The van der Waals surface area contributed by atoms with Crippen LogP contribution in [0.15, 0.2) is 29.4 Å². The summed E-state index contributed by atoms with van der Waals surface area (Å²) in [5.74, 6) is 5.46. The Morgan fingerprint density at radius 3 is 2.82 bits per heavy atom. The Kier molecular flexibility index (Phi) is 4.20. The normalized spacial score (nSPS) is 12.4. The molecule has 1 aromatic carbocycles. The molecule has 3 nitrogen and oxygen atoms in total. The van der Waals surface area contributed by atoms with Crippen LogP contribution in [-0.2, 0) is 6.54 Å². The molecule has 1 heterocycles. The zero-order chi connectivity index (χ0) is 12.1. The molecule has 0 aliphatic rings. The lowest BCUT2D eigenvalue weighted by Gasteiger charge is -2.04. The number of fused-ring (bicyclic) bond motifs is 1. The second-order valence-corrected chi connectivity index (χ2v) is 5.20. The fourth-order valence-electron chi connectivity index (χ4n) is 2.03. The van der Waals surface area contributed by atoms with E-state index >= 15 is 0 Å². The highest BCUT2D eigenvalue weighted by Crippen LogP contribution is 2.17. The molecule has 0 amide bonds. The van der Waals surface area contributed by atoms with Gasteiger partial charge >= 0.3 is 0 Å². The molecule has 0 radical (unpaired) electrons. The van der Waals surface area contributed by atoms with Gasteiger partial charge in [0.15, 0.2) is 0 Å². The summed E-state index contributed by atoms with van der Waals surface area (Å²) in [6.45, 7) is 3.24. The van der Waals surface area contributed by atoms with Gasteiger partial charge in [-0.05, 0) is 18.6 Å². The van der Waals surface area contributed by atoms with Crippen LogP contribution in [0.3, 0.4) is 0 Å². The van der Waals surface area contributed by atoms with Gasteiger partial charge in [0.2, 0.25) is 4.80 Å². The van der Waals surface area contributed by atoms with Crippen molar-refractivity contribution in [2.45, 2.75) is 39.2 Å². The molecule has 0 bridgehead atoms. The second-order valence-electron chi connectivity index (χ2n) is 4.19. The van der Waals surface area contributed by atoms with Gasteiger partial charge in [-0.2, -0.15) is 5.10 Å². The van der Waals surface area contributed by atoms with Crippen molar-refractivity contribution in [3.8, 4) is 0 Å². The van der Waals surface area contributed by atoms with Gasteiger partial charge in [-0.15, -0.1) is 0 Å². The molecule has 2 rings (SSSR count). The predicted octanol–water partition coefficient (Wildman–Crippen LogP) is 3.06. The summed E-state index contributed by atoms with van der Waals surface area (Å²) in [6, 6.07) is 8.38. The standard InChI is InChI=1S/C13H19N3S/c1-2-3-4-7-10-16-11-8-5-6-9-12(11)17-13(16)15-14/h5-6,8-9H,2-4,7,10,14H2,1H3. The van der Waals surface area contributed by atoms with E-state index in [4.69, 9.17) is 5.84 Å². The molecule has 0 unspecified atom stereocenters. The van der Waals surface area contributed by atoms with Gasteiger partial charge in [-0.25, -0.2) is 0 Å². The number of benzene rings is 1. The van der Waals surface area contributed by atoms with Crippen molar-refractivity contribution in [2.24, 2.45) is 10.9 Å². The van der Waals surface area contributed by atoms with Crippen LogP contribution in [0.1, 0.15) is 32.6 Å². The predicted molar refractivity (Wildman–Crippen MR) is 73.7 cm³/mol. The quantitative estimate of drug-likeness (QED) is 0.494. The van der Waals surface area contributed by atoms with Crippen LogP contribution >= 0.6 is 11.3 Å². The zero-order valence-corrected chi connectivity index (χ0v) is 11.0. The molecule has 0 aliphatic carbocycles. The minimum absolute atomic E-state index is 0.919. The number of rotatable bonds is 5. The summed E-state index contributed by atoms with van der Waals surface area (Å²) >= 11 is 1.66. The molecule has 17 heavy (non-hydrogen) atoms. The highest BCUT2D eigenvalue weighted by molar-refractivity contribution is 7.16. The van der Waals surface area contributed by atoms with E-state index in [1.54, 1.807) is 11.3 Å². The molecule has 0 fully saturated rings. The fraction of sp³-hybridized carbons (Fsp3) is 0.462. The van der Waals surface area contributed by atoms with Gasteiger partial charge in [0.05, 0.1) is 10.2 Å². The fourth-order valence-corrected chi connectivity index (χ4v) is 3.01. The van der Waals surface area contributed by atoms with E-state index in [0.29, 0.717) is 0 Å². The minimum atomic E-state index is 0.919. The maximum absolute atomic E-state index is 5.46. The first-order valence-corrected chi connectivity index (χ1v) is 7.00. The number of para-hydroxylation sites is 1. The van der Waals surface area contributed by atoms with Crippen molar-refractivity contribution in [1.29, 1.82) is 0 Å². The first kappa shape index (κ1) is 12.2. The molecular weight excluding hydrogens is 230 g/mol. The van der Waals surface area contributed by atoms with Gasteiger partial charge in [0, 0.05) is 6.54 Å². The number of thiazole rings is 1. The SMILES string of the molecule is CCCCCCn1c(=NN)sc2ccccc21. The van der Waals surface area contributed by atoms with Crippen molar-refractivity contribution in [3.05, 3.63) is 29.1 Å². The van der Waals surface area contributed by atoms with Gasteiger partial charge in [-0.1, -0.05) is 49.7 Å². The lowest BCUT2D eigenvalue weighted by atomic mass is 10.2. The van der Waals surface area contributed by atoms with Crippen LogP contribution in [0.25, 0.3) is 10.2 Å². The number of unbranched alkanes of at least 4 members (excludes halogenated alkanes) is 3. The number of hydrogen-bond acceptors (Lipinski definition) is 3. The maximum Gasteiger partial charge on any atom is 0.208 e. The zero-order valence-electron chi connectivity index (χ0n) is 10.2. The summed E-state index contributed by atoms with van der Waals surface area (Å²) < 4.78 is 3.49. The highest BCUT2D eigenvalue weighted by atomic mass is 32.1. The van der Waals surface area contributed by atoms with Crippen LogP contribution in [0.2, 0.25) is 0 Å². The third kappa shape index (κ3) is 2.69. The second kappa shape index (κ2) is 5.87. The Hall–Kier alpha value is -1.29. The number of aryl methyl sites for hydroxylation is 1. The van der Waals surface area contributed by atoms with Crippen molar-refractivity contribution >= 4 is 21.6 Å². The Bertz CT molecular complexity index is 539. The molecule has 0 atom stereocenters. The van der Waals surface area contributed by atoms with Crippen LogP contribution in [0.5, 0.6) is 0 Å². The third-order valence-electron chi connectivity index (χ3n) is 2.93. The molecule has 92 valence electrons. The number of aromatic nitrogens is 1. The van der Waals surface area contributed by atoms with E-state index in [2.05, 4.69) is 40.9 Å². The average Bonchev–Trinajstić information content (AvgIpc) is 2.73. The number of nitrogens with zero attached hydrogens (tertiary/aromatic N) is 2. The Morgan fingerprint density at radius 2 is 2.06 bits per heavy atom. The van der Waals surface area contributed by atoms with Gasteiger partial charge in [0.1, 0.15) is 0 Å². The molecule has 2 aromatic rings. The minimum Gasteiger partial charge on any atom is -0.320 e. The molecule has 0 saturated carbocycles. The molecule has 1 aromatic heterocycles. The monoisotopic (exact) mass is 249 g/mol. The van der Waals surface area contributed by atoms with Crippen LogP contribution in [0.4, 0.5) is 0 Å². The summed E-state index contributed by atoms with van der Waals surface area (Å²) in [5.41, 5.74) is 1.25. The number of hydrogen-bond donors (Lipinski definition) is 1. The first-order valence-electron chi connectivity index (χ1n) is 6.19. The van der Waals surface area contributed by atoms with E-state index in [1.807, 2.05) is 0 Å². The lowest BCUT2D eigenvalue weighted by molar-refractivity contribution is 0.583. The summed E-state index contributed by atoms with van der Waals surface area (Å²) in [7, 11) is 0. The Labute approximate surface area is 106 Å². The molecule has 2 N–H and O–H groups in total. The highest BCUT2D eigenvalue weighted by Gasteiger charge is 2.04. The van der Waals surface area contributed by atoms with Crippen LogP contribution in [0, 0.1) is 0 Å². The van der Waals surface area contributed by atoms with E-state index in [0.717, 1.165) is 11.3 Å². The van der Waals surface area contributed by atoms with Crippen molar-refractivity contribution in [3.63, 3.8) is 0 Å². The number of nitrogens with two attached hydrogens (primary N) is 1. The molecule has 0 aliphatic heterocycles. The summed E-state index contributed by atoms with van der Waals surface area (Å²) in [6.07, 6.45) is 5.04. The van der Waals surface area contributed by atoms with Crippen LogP contribution in [-0.4, -0.2) is 4.57 Å². The van der Waals surface area contributed by atoms with E-state index in [1.165, 1.54) is 35.9 Å². The van der Waals surface area contributed by atoms with Gasteiger partial charge in [0.25, 0.3) is 0 Å². The smallest absolute Gasteiger partial charge is 0.208 e. The lowest BCUT2D eigenvalue weighted by Crippen LogP contribution is -2.16. The van der Waals surface area contributed by atoms with Gasteiger partial charge < -0.3 is 10.4 Å². The van der Waals surface area contributed by atoms with Crippen molar-refractivity contribution in [1.82, 2.24) is 4.57 Å². The van der Waals surface area contributed by atoms with Gasteiger partial charge in [-0.3, -0.25) is 0 Å². The maximum atomic E-state index is 5.46. The topological polar surface area (TPSA) is 43.3 Å². The van der Waals surface area contributed by atoms with Crippen molar-refractivity contribution < 1.29 is 0 Å². The summed E-state index contributed by atoms with van der Waals surface area (Å²) in [5, 5.41) is 3.89. The summed E-state index contributed by atoms with van der Waals surface area (Å²) in [4.78, 5) is 0.919. The van der Waals surface area contributed by atoms with Crippen molar-refractivity contribution in [2.75, 3.05) is 0 Å². The van der Waals surface area contributed by atoms with Crippen LogP contribution < -0.4 is 10.6 Å². The van der Waals surface area contributed by atoms with E-state index in [9.17, 15) is 0 Å². The van der Waals surface area contributed by atoms with E-state index in [-0.39, 0.29) is 0 Å².